The first-order valence-electron chi connectivity index (χ1n) is 12.7. The summed E-state index contributed by atoms with van der Waals surface area (Å²) in [4.78, 5) is 29.9. The number of ether oxygens (including phenoxy) is 2. The molecule has 0 saturated carbocycles. The molecule has 0 unspecified atom stereocenters. The number of carbonyl (C=O) groups is 1. The Labute approximate surface area is 211 Å². The molecule has 2 aromatic rings. The number of carboxylic acid groups (broad SMARTS) is 1. The maximum atomic E-state index is 11.1. The quantitative estimate of drug-likeness (QED) is 0.387. The maximum Gasteiger partial charge on any atom is 0.341 e. The highest BCUT2D eigenvalue weighted by Crippen LogP contribution is 2.31. The molecule has 194 valence electrons. The SMILES string of the molecule is CCOc1cccc(/C=N/N(C)c2nc(N3CCCCC3)nc(N3CCCCC3)n2)c1OCC(=O)O. The molecule has 0 amide bonds. The second-order valence-corrected chi connectivity index (χ2v) is 8.89. The Hall–Kier alpha value is -3.63. The minimum absolute atomic E-state index is 0.331. The molecule has 0 radical (unpaired) electrons. The predicted molar refractivity (Wildman–Crippen MR) is 139 cm³/mol. The van der Waals surface area contributed by atoms with E-state index in [2.05, 4.69) is 14.9 Å². The van der Waals surface area contributed by atoms with Crippen LogP contribution >= 0.6 is 0 Å². The van der Waals surface area contributed by atoms with Crippen molar-refractivity contribution in [3.8, 4) is 11.5 Å². The molecular weight excluding hydrogens is 462 g/mol. The van der Waals surface area contributed by atoms with Crippen molar-refractivity contribution >= 4 is 30.0 Å². The second-order valence-electron chi connectivity index (χ2n) is 8.89. The molecular formula is C25H35N7O4. The number of hydrogen-bond donors (Lipinski definition) is 1. The van der Waals surface area contributed by atoms with E-state index in [1.165, 1.54) is 12.8 Å². The number of para-hydroxylation sites is 1. The zero-order valence-electron chi connectivity index (χ0n) is 21.1. The van der Waals surface area contributed by atoms with E-state index in [0.29, 0.717) is 41.5 Å². The number of nitrogens with zero attached hydrogens (tertiary/aromatic N) is 7. The first kappa shape index (κ1) is 25.5. The van der Waals surface area contributed by atoms with Crippen LogP contribution in [0.5, 0.6) is 11.5 Å². The fourth-order valence-corrected chi connectivity index (χ4v) is 4.35. The minimum atomic E-state index is -1.07. The van der Waals surface area contributed by atoms with E-state index in [1.807, 2.05) is 13.0 Å². The molecule has 3 heterocycles. The third-order valence-electron chi connectivity index (χ3n) is 6.19. The van der Waals surface area contributed by atoms with Crippen LogP contribution in [0.3, 0.4) is 0 Å². The smallest absolute Gasteiger partial charge is 0.341 e. The highest BCUT2D eigenvalue weighted by atomic mass is 16.5. The van der Waals surface area contributed by atoms with E-state index >= 15 is 0 Å². The number of aromatic nitrogens is 3. The maximum absolute atomic E-state index is 11.1. The molecule has 0 bridgehead atoms. The highest BCUT2D eigenvalue weighted by molar-refractivity contribution is 5.86. The molecule has 0 spiro atoms. The van der Waals surface area contributed by atoms with Crippen molar-refractivity contribution in [2.24, 2.45) is 5.10 Å². The van der Waals surface area contributed by atoms with E-state index in [1.54, 1.807) is 30.4 Å². The number of benzene rings is 1. The summed E-state index contributed by atoms with van der Waals surface area (Å²) in [6, 6.07) is 5.35. The van der Waals surface area contributed by atoms with Gasteiger partial charge >= 0.3 is 5.97 Å². The third-order valence-corrected chi connectivity index (χ3v) is 6.19. The van der Waals surface area contributed by atoms with Crippen LogP contribution in [0.1, 0.15) is 51.0 Å². The van der Waals surface area contributed by atoms with E-state index in [0.717, 1.165) is 51.9 Å². The Bertz CT molecular complexity index is 1020. The summed E-state index contributed by atoms with van der Waals surface area (Å²) in [5, 5.41) is 15.3. The lowest BCUT2D eigenvalue weighted by molar-refractivity contribution is -0.139. The van der Waals surface area contributed by atoms with E-state index in [-0.39, 0.29) is 0 Å². The molecule has 1 N–H and O–H groups in total. The van der Waals surface area contributed by atoms with Gasteiger partial charge in [-0.15, -0.1) is 0 Å². The number of hydrogen-bond acceptors (Lipinski definition) is 10. The van der Waals surface area contributed by atoms with Gasteiger partial charge in [0.1, 0.15) is 0 Å². The van der Waals surface area contributed by atoms with Gasteiger partial charge in [-0.2, -0.15) is 20.1 Å². The standard InChI is InChI=1S/C25H35N7O4/c1-3-35-20-12-10-11-19(22(20)36-18-21(33)34)17-26-30(2)23-27-24(31-13-6-4-7-14-31)29-25(28-23)32-15-8-5-9-16-32/h10-12,17H,3-9,13-16,18H2,1-2H3,(H,33,34)/b26-17+. The van der Waals surface area contributed by atoms with Gasteiger partial charge in [-0.3, -0.25) is 0 Å². The van der Waals surface area contributed by atoms with Gasteiger partial charge < -0.3 is 24.4 Å². The van der Waals surface area contributed by atoms with Gasteiger partial charge in [0.2, 0.25) is 11.9 Å². The number of piperidine rings is 2. The minimum Gasteiger partial charge on any atom is -0.490 e. The summed E-state index contributed by atoms with van der Waals surface area (Å²) in [6.07, 6.45) is 8.57. The summed E-state index contributed by atoms with van der Waals surface area (Å²) < 4.78 is 11.2. The number of aliphatic carboxylic acids is 1. The lowest BCUT2D eigenvalue weighted by Crippen LogP contribution is -2.35. The molecule has 1 aromatic carbocycles. The van der Waals surface area contributed by atoms with Crippen LogP contribution in [0.2, 0.25) is 0 Å². The van der Waals surface area contributed by atoms with Crippen LogP contribution in [0, 0.1) is 0 Å². The van der Waals surface area contributed by atoms with Crippen LogP contribution in [0.15, 0.2) is 23.3 Å². The van der Waals surface area contributed by atoms with Crippen molar-refractivity contribution in [3.63, 3.8) is 0 Å². The Morgan fingerprint density at radius 3 is 2.17 bits per heavy atom. The number of hydrazone groups is 1. The zero-order chi connectivity index (χ0) is 25.3. The largest absolute Gasteiger partial charge is 0.490 e. The van der Waals surface area contributed by atoms with Gasteiger partial charge in [0.15, 0.2) is 18.1 Å². The monoisotopic (exact) mass is 497 g/mol. The van der Waals surface area contributed by atoms with Crippen LogP contribution in [-0.4, -0.2) is 78.7 Å². The van der Waals surface area contributed by atoms with Gasteiger partial charge in [0.05, 0.1) is 12.8 Å². The Morgan fingerprint density at radius 1 is 1.00 bits per heavy atom. The first-order valence-corrected chi connectivity index (χ1v) is 12.7. The topological polar surface area (TPSA) is 117 Å². The summed E-state index contributed by atoms with van der Waals surface area (Å²) in [5.41, 5.74) is 0.593. The average Bonchev–Trinajstić information content (AvgIpc) is 2.92. The molecule has 2 aliphatic heterocycles. The van der Waals surface area contributed by atoms with Gasteiger partial charge in [0.25, 0.3) is 5.95 Å². The number of carboxylic acids is 1. The summed E-state index contributed by atoms with van der Waals surface area (Å²) in [7, 11) is 1.79. The number of rotatable bonds is 10. The van der Waals surface area contributed by atoms with Gasteiger partial charge in [-0.1, -0.05) is 6.07 Å². The molecule has 11 nitrogen and oxygen atoms in total. The van der Waals surface area contributed by atoms with E-state index < -0.39 is 12.6 Å². The van der Waals surface area contributed by atoms with Crippen LogP contribution in [0.4, 0.5) is 17.8 Å². The molecule has 2 saturated heterocycles. The van der Waals surface area contributed by atoms with Crippen molar-refractivity contribution in [2.75, 3.05) is 61.2 Å². The molecule has 0 aliphatic carbocycles. The van der Waals surface area contributed by atoms with Crippen molar-refractivity contribution in [1.29, 1.82) is 0 Å². The van der Waals surface area contributed by atoms with E-state index in [4.69, 9.17) is 29.5 Å². The first-order chi connectivity index (χ1) is 17.5. The Kier molecular flexibility index (Phi) is 8.75. The molecule has 2 aliphatic rings. The number of anilines is 3. The normalized spacial score (nSPS) is 16.3. The van der Waals surface area contributed by atoms with Gasteiger partial charge in [-0.25, -0.2) is 9.80 Å². The summed E-state index contributed by atoms with van der Waals surface area (Å²) in [6.45, 7) is 5.54. The second kappa shape index (κ2) is 12.4. The fraction of sp³-hybridized carbons (Fsp3) is 0.560. The molecule has 1 aromatic heterocycles. The van der Waals surface area contributed by atoms with Crippen LogP contribution in [0.25, 0.3) is 0 Å². The van der Waals surface area contributed by atoms with Crippen molar-refractivity contribution in [1.82, 2.24) is 15.0 Å². The van der Waals surface area contributed by atoms with E-state index in [9.17, 15) is 4.79 Å². The summed E-state index contributed by atoms with van der Waals surface area (Å²) in [5.74, 6) is 1.55. The fourth-order valence-electron chi connectivity index (χ4n) is 4.35. The van der Waals surface area contributed by atoms with Gasteiger partial charge in [-0.05, 0) is 57.6 Å². The Balaban J connectivity index is 1.62. The molecule has 4 rings (SSSR count). The van der Waals surface area contributed by atoms with Crippen molar-refractivity contribution in [2.45, 2.75) is 45.4 Å². The average molecular weight is 498 g/mol. The molecule has 36 heavy (non-hydrogen) atoms. The predicted octanol–water partition coefficient (Wildman–Crippen LogP) is 3.18. The molecule has 2 fully saturated rings. The van der Waals surface area contributed by atoms with Crippen LogP contribution in [-0.2, 0) is 4.79 Å². The molecule has 0 atom stereocenters. The third kappa shape index (κ3) is 6.52. The Morgan fingerprint density at radius 2 is 1.61 bits per heavy atom. The highest BCUT2D eigenvalue weighted by Gasteiger charge is 2.21. The lowest BCUT2D eigenvalue weighted by atomic mass is 10.1. The molecule has 11 heteroatoms. The lowest BCUT2D eigenvalue weighted by Gasteiger charge is -2.30. The zero-order valence-corrected chi connectivity index (χ0v) is 21.1. The summed E-state index contributed by atoms with van der Waals surface area (Å²) >= 11 is 0. The van der Waals surface area contributed by atoms with Crippen molar-refractivity contribution < 1.29 is 19.4 Å². The van der Waals surface area contributed by atoms with Gasteiger partial charge in [0, 0.05) is 38.8 Å². The van der Waals surface area contributed by atoms with Crippen molar-refractivity contribution in [3.05, 3.63) is 23.8 Å². The van der Waals surface area contributed by atoms with Crippen LogP contribution < -0.4 is 24.3 Å².